The molecule has 0 unspecified atom stereocenters. The number of phenolic OH excluding ortho intramolecular Hbond substituents is 1. The predicted molar refractivity (Wildman–Crippen MR) is 73.3 cm³/mol. The van der Waals surface area contributed by atoms with Gasteiger partial charge in [-0.15, -0.1) is 0 Å². The van der Waals surface area contributed by atoms with E-state index in [4.69, 9.17) is 4.74 Å². The molecule has 6 heteroatoms. The molecule has 0 atom stereocenters. The van der Waals surface area contributed by atoms with Crippen LogP contribution in [0.15, 0.2) is 43.0 Å². The first kappa shape index (κ1) is 12.2. The van der Waals surface area contributed by atoms with Gasteiger partial charge in [0, 0.05) is 29.6 Å². The molecule has 2 heterocycles. The van der Waals surface area contributed by atoms with E-state index < -0.39 is 0 Å². The Morgan fingerprint density at radius 2 is 2.15 bits per heavy atom. The van der Waals surface area contributed by atoms with Gasteiger partial charge in [0.2, 0.25) is 0 Å². The molecule has 2 aromatic heterocycles. The van der Waals surface area contributed by atoms with Gasteiger partial charge in [0.25, 0.3) is 0 Å². The summed E-state index contributed by atoms with van der Waals surface area (Å²) in [5, 5.41) is 16.8. The number of aromatic amines is 1. The largest absolute Gasteiger partial charge is 0.508 e. The van der Waals surface area contributed by atoms with Gasteiger partial charge in [-0.2, -0.15) is 5.10 Å². The number of H-pyrrole nitrogens is 1. The third-order valence-corrected chi connectivity index (χ3v) is 2.90. The smallest absolute Gasteiger partial charge is 0.123 e. The fourth-order valence-corrected chi connectivity index (χ4v) is 1.99. The number of phenols is 1. The van der Waals surface area contributed by atoms with E-state index in [9.17, 15) is 5.11 Å². The van der Waals surface area contributed by atoms with E-state index in [1.807, 2.05) is 0 Å². The molecule has 0 aliphatic carbocycles. The molecule has 1 aromatic carbocycles. The number of aromatic hydroxyl groups is 1. The molecule has 0 saturated carbocycles. The van der Waals surface area contributed by atoms with Crippen LogP contribution in [0.2, 0.25) is 0 Å². The maximum absolute atomic E-state index is 9.74. The summed E-state index contributed by atoms with van der Waals surface area (Å²) in [7, 11) is 1.55. The maximum Gasteiger partial charge on any atom is 0.123 e. The van der Waals surface area contributed by atoms with Gasteiger partial charge < -0.3 is 9.84 Å². The van der Waals surface area contributed by atoms with Crippen LogP contribution in [0, 0.1) is 0 Å². The highest BCUT2D eigenvalue weighted by Crippen LogP contribution is 2.33. The summed E-state index contributed by atoms with van der Waals surface area (Å²) in [5.41, 5.74) is 3.03. The third-order valence-electron chi connectivity index (χ3n) is 2.90. The molecule has 3 rings (SSSR count). The lowest BCUT2D eigenvalue weighted by molar-refractivity contribution is 0.408. The van der Waals surface area contributed by atoms with Crippen molar-refractivity contribution in [1.82, 2.24) is 20.2 Å². The van der Waals surface area contributed by atoms with E-state index >= 15 is 0 Å². The minimum Gasteiger partial charge on any atom is -0.508 e. The fourth-order valence-electron chi connectivity index (χ4n) is 1.99. The molecule has 0 radical (unpaired) electrons. The van der Waals surface area contributed by atoms with E-state index in [1.54, 1.807) is 43.8 Å². The second kappa shape index (κ2) is 5.00. The molecule has 0 aliphatic heterocycles. The second-order valence-corrected chi connectivity index (χ2v) is 4.16. The van der Waals surface area contributed by atoms with Crippen molar-refractivity contribution in [2.45, 2.75) is 0 Å². The monoisotopic (exact) mass is 268 g/mol. The van der Waals surface area contributed by atoms with Gasteiger partial charge in [0.15, 0.2) is 0 Å². The Morgan fingerprint density at radius 3 is 2.90 bits per heavy atom. The number of benzene rings is 1. The summed E-state index contributed by atoms with van der Waals surface area (Å²) in [6.07, 6.45) is 4.91. The first-order valence-corrected chi connectivity index (χ1v) is 5.96. The summed E-state index contributed by atoms with van der Waals surface area (Å²) < 4.78 is 5.16. The minimum atomic E-state index is 0.121. The van der Waals surface area contributed by atoms with Crippen LogP contribution in [0.3, 0.4) is 0 Å². The van der Waals surface area contributed by atoms with Crippen molar-refractivity contribution in [3.05, 3.63) is 43.0 Å². The molecule has 0 fully saturated rings. The van der Waals surface area contributed by atoms with Crippen molar-refractivity contribution in [2.24, 2.45) is 0 Å². The van der Waals surface area contributed by atoms with Crippen LogP contribution < -0.4 is 4.74 Å². The van der Waals surface area contributed by atoms with Gasteiger partial charge in [-0.3, -0.25) is 5.10 Å². The number of nitrogens with zero attached hydrogens (tertiary/aromatic N) is 3. The SMILES string of the molecule is COc1cc(O)cc(-c2n[nH]cc2-c2ccncn2)c1. The molecule has 3 aromatic rings. The van der Waals surface area contributed by atoms with Gasteiger partial charge in [-0.25, -0.2) is 9.97 Å². The normalized spacial score (nSPS) is 10.4. The molecular formula is C14H12N4O2. The molecule has 0 aliphatic rings. The fraction of sp³-hybridized carbons (Fsp3) is 0.0714. The Kier molecular flexibility index (Phi) is 3.04. The molecule has 0 amide bonds. The summed E-state index contributed by atoms with van der Waals surface area (Å²) in [4.78, 5) is 8.10. The van der Waals surface area contributed by atoms with Crippen LogP contribution >= 0.6 is 0 Å². The Morgan fingerprint density at radius 1 is 1.25 bits per heavy atom. The molecule has 20 heavy (non-hydrogen) atoms. The summed E-state index contributed by atoms with van der Waals surface area (Å²) in [6, 6.07) is 6.78. The molecule has 0 spiro atoms. The minimum absolute atomic E-state index is 0.121. The number of methoxy groups -OCH3 is 1. The predicted octanol–water partition coefficient (Wildman–Crippen LogP) is 2.25. The van der Waals surface area contributed by atoms with Crippen molar-refractivity contribution in [2.75, 3.05) is 7.11 Å². The van der Waals surface area contributed by atoms with Crippen LogP contribution in [0.1, 0.15) is 0 Å². The van der Waals surface area contributed by atoms with Crippen molar-refractivity contribution in [1.29, 1.82) is 0 Å². The van der Waals surface area contributed by atoms with Crippen molar-refractivity contribution < 1.29 is 9.84 Å². The van der Waals surface area contributed by atoms with E-state index in [0.29, 0.717) is 11.4 Å². The number of rotatable bonds is 3. The highest BCUT2D eigenvalue weighted by molar-refractivity contribution is 5.79. The van der Waals surface area contributed by atoms with Crippen molar-refractivity contribution in [3.63, 3.8) is 0 Å². The second-order valence-electron chi connectivity index (χ2n) is 4.16. The molecular weight excluding hydrogens is 256 g/mol. The average Bonchev–Trinajstić information content (AvgIpc) is 2.97. The Balaban J connectivity index is 2.13. The lowest BCUT2D eigenvalue weighted by Gasteiger charge is -2.06. The van der Waals surface area contributed by atoms with Crippen LogP contribution in [-0.4, -0.2) is 32.4 Å². The molecule has 100 valence electrons. The van der Waals surface area contributed by atoms with E-state index in [0.717, 1.165) is 16.8 Å². The zero-order valence-electron chi connectivity index (χ0n) is 10.7. The topological polar surface area (TPSA) is 83.9 Å². The van der Waals surface area contributed by atoms with Crippen molar-refractivity contribution >= 4 is 0 Å². The van der Waals surface area contributed by atoms with Crippen LogP contribution in [0.5, 0.6) is 11.5 Å². The summed E-state index contributed by atoms with van der Waals surface area (Å²) in [5.74, 6) is 0.688. The van der Waals surface area contributed by atoms with Gasteiger partial charge in [-0.05, 0) is 18.2 Å². The van der Waals surface area contributed by atoms with E-state index in [2.05, 4.69) is 20.2 Å². The number of hydrogen-bond donors (Lipinski definition) is 2. The lowest BCUT2D eigenvalue weighted by atomic mass is 10.1. The average molecular weight is 268 g/mol. The van der Waals surface area contributed by atoms with Gasteiger partial charge in [0.05, 0.1) is 12.8 Å². The molecule has 2 N–H and O–H groups in total. The van der Waals surface area contributed by atoms with Gasteiger partial charge in [0.1, 0.15) is 23.5 Å². The molecule has 0 saturated heterocycles. The van der Waals surface area contributed by atoms with E-state index in [1.165, 1.54) is 6.33 Å². The van der Waals surface area contributed by atoms with Crippen LogP contribution in [0.25, 0.3) is 22.5 Å². The zero-order chi connectivity index (χ0) is 13.9. The first-order valence-electron chi connectivity index (χ1n) is 5.96. The summed E-state index contributed by atoms with van der Waals surface area (Å²) >= 11 is 0. The number of aromatic nitrogens is 4. The van der Waals surface area contributed by atoms with Crippen molar-refractivity contribution in [3.8, 4) is 34.0 Å². The molecule has 0 bridgehead atoms. The zero-order valence-corrected chi connectivity index (χ0v) is 10.7. The maximum atomic E-state index is 9.74. The Hall–Kier alpha value is -2.89. The standard InChI is InChI=1S/C14H12N4O2/c1-20-11-5-9(4-10(19)6-11)14-12(7-17-18-14)13-2-3-15-8-16-13/h2-8,19H,1H3,(H,17,18). The highest BCUT2D eigenvalue weighted by atomic mass is 16.5. The van der Waals surface area contributed by atoms with Crippen LogP contribution in [-0.2, 0) is 0 Å². The Bertz CT molecular complexity index is 725. The number of nitrogens with one attached hydrogen (secondary N) is 1. The number of ether oxygens (including phenoxy) is 1. The lowest BCUT2D eigenvalue weighted by Crippen LogP contribution is -1.88. The molecule has 6 nitrogen and oxygen atoms in total. The van der Waals surface area contributed by atoms with E-state index in [-0.39, 0.29) is 5.75 Å². The van der Waals surface area contributed by atoms with Crippen LogP contribution in [0.4, 0.5) is 0 Å². The first-order chi connectivity index (χ1) is 9.78. The van der Waals surface area contributed by atoms with Gasteiger partial charge >= 0.3 is 0 Å². The quantitative estimate of drug-likeness (QED) is 0.761. The summed E-state index contributed by atoms with van der Waals surface area (Å²) in [6.45, 7) is 0. The number of hydrogen-bond acceptors (Lipinski definition) is 5. The third kappa shape index (κ3) is 2.18. The highest BCUT2D eigenvalue weighted by Gasteiger charge is 2.13. The Labute approximate surface area is 115 Å². The van der Waals surface area contributed by atoms with Gasteiger partial charge in [-0.1, -0.05) is 0 Å².